The second-order valence-corrected chi connectivity index (χ2v) is 6.02. The number of hydrogen-bond donors (Lipinski definition) is 2. The van der Waals surface area contributed by atoms with Gasteiger partial charge in [0.1, 0.15) is 0 Å². The lowest BCUT2D eigenvalue weighted by atomic mass is 10.2. The molecule has 132 valence electrons. The standard InChI is InChI=1S/C17H38N4O/c1-7-18-17(20-12-10-14-22-8-2)19-11-9-13-21(15(3)4)16(5)6/h15-16H,7-14H2,1-6H3,(H2,18,19,20). The molecule has 0 saturated heterocycles. The van der Waals surface area contributed by atoms with Crippen LogP contribution in [0.5, 0.6) is 0 Å². The highest BCUT2D eigenvalue weighted by molar-refractivity contribution is 5.79. The van der Waals surface area contributed by atoms with Crippen LogP contribution < -0.4 is 10.6 Å². The van der Waals surface area contributed by atoms with Gasteiger partial charge in [0.05, 0.1) is 0 Å². The molecule has 5 nitrogen and oxygen atoms in total. The number of aliphatic imine (C=N–C) groups is 1. The summed E-state index contributed by atoms with van der Waals surface area (Å²) in [6.45, 7) is 18.5. The van der Waals surface area contributed by atoms with Crippen molar-refractivity contribution in [2.75, 3.05) is 39.4 Å². The Morgan fingerprint density at radius 2 is 1.73 bits per heavy atom. The number of hydrogen-bond acceptors (Lipinski definition) is 3. The third kappa shape index (κ3) is 10.9. The van der Waals surface area contributed by atoms with Crippen LogP contribution in [-0.4, -0.2) is 62.3 Å². The van der Waals surface area contributed by atoms with Gasteiger partial charge < -0.3 is 15.4 Å². The Bertz CT molecular complexity index is 272. The van der Waals surface area contributed by atoms with Crippen molar-refractivity contribution in [2.24, 2.45) is 4.99 Å². The first-order valence-electron chi connectivity index (χ1n) is 8.88. The van der Waals surface area contributed by atoms with Crippen molar-refractivity contribution in [1.29, 1.82) is 0 Å². The summed E-state index contributed by atoms with van der Waals surface area (Å²) < 4.78 is 5.33. The van der Waals surface area contributed by atoms with Gasteiger partial charge in [-0.05, 0) is 54.4 Å². The summed E-state index contributed by atoms with van der Waals surface area (Å²) in [5.74, 6) is 0.916. The Kier molecular flexibility index (Phi) is 13.3. The number of guanidine groups is 1. The Morgan fingerprint density at radius 3 is 2.27 bits per heavy atom. The molecular weight excluding hydrogens is 276 g/mol. The van der Waals surface area contributed by atoms with E-state index < -0.39 is 0 Å². The molecule has 5 heteroatoms. The fraction of sp³-hybridized carbons (Fsp3) is 0.941. The van der Waals surface area contributed by atoms with Crippen LogP contribution in [-0.2, 0) is 4.74 Å². The largest absolute Gasteiger partial charge is 0.382 e. The van der Waals surface area contributed by atoms with E-state index >= 15 is 0 Å². The van der Waals surface area contributed by atoms with Crippen LogP contribution in [0.3, 0.4) is 0 Å². The predicted octanol–water partition coefficient (Wildman–Crippen LogP) is 2.48. The normalized spacial score (nSPS) is 12.5. The molecule has 0 unspecified atom stereocenters. The molecule has 0 spiro atoms. The third-order valence-corrected chi connectivity index (χ3v) is 3.48. The lowest BCUT2D eigenvalue weighted by molar-refractivity contribution is 0.146. The van der Waals surface area contributed by atoms with Gasteiger partial charge in [0.2, 0.25) is 0 Å². The van der Waals surface area contributed by atoms with Crippen LogP contribution in [0.15, 0.2) is 4.99 Å². The van der Waals surface area contributed by atoms with Gasteiger partial charge in [-0.15, -0.1) is 0 Å². The molecule has 0 amide bonds. The lowest BCUT2D eigenvalue weighted by Crippen LogP contribution is -2.41. The Labute approximate surface area is 137 Å². The van der Waals surface area contributed by atoms with E-state index in [1.54, 1.807) is 0 Å². The smallest absolute Gasteiger partial charge is 0.191 e. The molecule has 2 N–H and O–H groups in total. The van der Waals surface area contributed by atoms with Crippen LogP contribution in [0.1, 0.15) is 54.4 Å². The molecule has 0 aliphatic heterocycles. The molecule has 0 aromatic rings. The summed E-state index contributed by atoms with van der Waals surface area (Å²) in [6, 6.07) is 1.20. The van der Waals surface area contributed by atoms with E-state index in [1.165, 1.54) is 0 Å². The van der Waals surface area contributed by atoms with Crippen molar-refractivity contribution in [2.45, 2.75) is 66.5 Å². The number of nitrogens with one attached hydrogen (secondary N) is 2. The summed E-state index contributed by atoms with van der Waals surface area (Å²) in [6.07, 6.45) is 2.10. The number of nitrogens with zero attached hydrogens (tertiary/aromatic N) is 2. The van der Waals surface area contributed by atoms with E-state index in [2.05, 4.69) is 55.1 Å². The minimum Gasteiger partial charge on any atom is -0.382 e. The predicted molar refractivity (Wildman–Crippen MR) is 96.7 cm³/mol. The summed E-state index contributed by atoms with van der Waals surface area (Å²) in [5.41, 5.74) is 0. The van der Waals surface area contributed by atoms with E-state index in [1.807, 2.05) is 6.92 Å². The average molecular weight is 315 g/mol. The van der Waals surface area contributed by atoms with E-state index in [0.717, 1.165) is 58.2 Å². The van der Waals surface area contributed by atoms with Gasteiger partial charge in [0.15, 0.2) is 5.96 Å². The zero-order valence-corrected chi connectivity index (χ0v) is 15.6. The zero-order valence-electron chi connectivity index (χ0n) is 15.6. The molecule has 0 aliphatic rings. The second-order valence-electron chi connectivity index (χ2n) is 6.02. The molecule has 0 saturated carbocycles. The summed E-state index contributed by atoms with van der Waals surface area (Å²) >= 11 is 0. The molecule has 0 rings (SSSR count). The highest BCUT2D eigenvalue weighted by atomic mass is 16.5. The first-order valence-corrected chi connectivity index (χ1v) is 8.88. The number of rotatable bonds is 12. The minimum atomic E-state index is 0.598. The van der Waals surface area contributed by atoms with E-state index in [9.17, 15) is 0 Å². The van der Waals surface area contributed by atoms with Crippen molar-refractivity contribution >= 4 is 5.96 Å². The van der Waals surface area contributed by atoms with Gasteiger partial charge in [-0.2, -0.15) is 0 Å². The quantitative estimate of drug-likeness (QED) is 0.330. The average Bonchev–Trinajstić information content (AvgIpc) is 2.45. The molecule has 0 radical (unpaired) electrons. The van der Waals surface area contributed by atoms with Gasteiger partial charge in [-0.3, -0.25) is 9.89 Å². The summed E-state index contributed by atoms with van der Waals surface area (Å²) in [4.78, 5) is 7.09. The van der Waals surface area contributed by atoms with Crippen LogP contribution in [0, 0.1) is 0 Å². The van der Waals surface area contributed by atoms with Gasteiger partial charge in [0.25, 0.3) is 0 Å². The highest BCUT2D eigenvalue weighted by Crippen LogP contribution is 2.05. The van der Waals surface area contributed by atoms with E-state index in [0.29, 0.717) is 12.1 Å². The van der Waals surface area contributed by atoms with Gasteiger partial charge in [-0.25, -0.2) is 0 Å². The van der Waals surface area contributed by atoms with Crippen molar-refractivity contribution in [3.63, 3.8) is 0 Å². The Hall–Kier alpha value is -0.810. The molecule has 22 heavy (non-hydrogen) atoms. The van der Waals surface area contributed by atoms with Crippen LogP contribution >= 0.6 is 0 Å². The van der Waals surface area contributed by atoms with Crippen LogP contribution in [0.4, 0.5) is 0 Å². The molecule has 0 heterocycles. The fourth-order valence-electron chi connectivity index (χ4n) is 2.42. The second kappa shape index (κ2) is 13.8. The topological polar surface area (TPSA) is 48.9 Å². The van der Waals surface area contributed by atoms with Crippen LogP contribution in [0.2, 0.25) is 0 Å². The molecule has 0 bridgehead atoms. The Morgan fingerprint density at radius 1 is 1.05 bits per heavy atom. The number of ether oxygens (including phenoxy) is 1. The maximum atomic E-state index is 5.33. The molecule has 0 aliphatic carbocycles. The minimum absolute atomic E-state index is 0.598. The molecule has 0 aromatic heterocycles. The maximum absolute atomic E-state index is 5.33. The van der Waals surface area contributed by atoms with E-state index in [-0.39, 0.29) is 0 Å². The van der Waals surface area contributed by atoms with Crippen molar-refractivity contribution in [3.05, 3.63) is 0 Å². The first kappa shape index (κ1) is 21.2. The van der Waals surface area contributed by atoms with Crippen molar-refractivity contribution in [1.82, 2.24) is 15.5 Å². The molecule has 0 fully saturated rings. The fourth-order valence-corrected chi connectivity index (χ4v) is 2.42. The molecule has 0 atom stereocenters. The van der Waals surface area contributed by atoms with E-state index in [4.69, 9.17) is 4.74 Å². The van der Waals surface area contributed by atoms with Gasteiger partial charge in [-0.1, -0.05) is 0 Å². The zero-order chi connectivity index (χ0) is 16.8. The summed E-state index contributed by atoms with van der Waals surface area (Å²) in [7, 11) is 0. The lowest BCUT2D eigenvalue weighted by Gasteiger charge is -2.30. The van der Waals surface area contributed by atoms with Crippen LogP contribution in [0.25, 0.3) is 0 Å². The Balaban J connectivity index is 4.00. The third-order valence-electron chi connectivity index (χ3n) is 3.48. The maximum Gasteiger partial charge on any atom is 0.191 e. The van der Waals surface area contributed by atoms with Crippen molar-refractivity contribution in [3.8, 4) is 0 Å². The highest BCUT2D eigenvalue weighted by Gasteiger charge is 2.12. The van der Waals surface area contributed by atoms with Crippen molar-refractivity contribution < 1.29 is 4.74 Å². The molecule has 0 aromatic carbocycles. The molecular formula is C17H38N4O. The summed E-state index contributed by atoms with van der Waals surface area (Å²) in [5, 5.41) is 6.71. The van der Waals surface area contributed by atoms with Gasteiger partial charge in [0, 0.05) is 51.5 Å². The SMILES string of the molecule is CCNC(=NCCCOCC)NCCCN(C(C)C)C(C)C. The monoisotopic (exact) mass is 314 g/mol. The first-order chi connectivity index (χ1) is 10.5. The van der Waals surface area contributed by atoms with Gasteiger partial charge >= 0.3 is 0 Å².